The molecule has 0 unspecified atom stereocenters. The molecule has 4 rings (SSSR count). The fourth-order valence-electron chi connectivity index (χ4n) is 5.05. The van der Waals surface area contributed by atoms with Gasteiger partial charge in [0.25, 0.3) is 5.91 Å². The topological polar surface area (TPSA) is 58.2 Å². The number of benzene rings is 2. The van der Waals surface area contributed by atoms with Crippen LogP contribution < -0.4 is 4.74 Å². The molecule has 3 aromatic rings. The van der Waals surface area contributed by atoms with E-state index in [1.807, 2.05) is 18.2 Å². The van der Waals surface area contributed by atoms with E-state index in [0.29, 0.717) is 0 Å². The zero-order chi connectivity index (χ0) is 22.2. The van der Waals surface area contributed by atoms with Crippen LogP contribution in [0.2, 0.25) is 0 Å². The van der Waals surface area contributed by atoms with Gasteiger partial charge in [-0.1, -0.05) is 26.8 Å². The summed E-state index contributed by atoms with van der Waals surface area (Å²) < 4.78 is 5.55. The van der Waals surface area contributed by atoms with Crippen molar-refractivity contribution in [2.24, 2.45) is 5.41 Å². The average Bonchev–Trinajstić information content (AvgIpc) is 3.22. The van der Waals surface area contributed by atoms with E-state index in [0.717, 1.165) is 60.1 Å². The lowest BCUT2D eigenvalue weighted by atomic mass is 9.73. The Morgan fingerprint density at radius 3 is 2.81 bits per heavy atom. The number of H-pyrrole nitrogens is 1. The second-order valence-electron chi connectivity index (χ2n) is 9.39. The van der Waals surface area contributed by atoms with Gasteiger partial charge in [-0.3, -0.25) is 4.79 Å². The van der Waals surface area contributed by atoms with Crippen LogP contribution in [0.5, 0.6) is 5.75 Å². The maximum Gasteiger partial charge on any atom is 0.254 e. The second-order valence-corrected chi connectivity index (χ2v) is 9.39. The molecule has 1 aliphatic heterocycles. The number of fused-ring (bicyclic) bond motifs is 1. The minimum Gasteiger partial charge on any atom is -0.496 e. The number of hydrogen-bond acceptors (Lipinski definition) is 3. The Morgan fingerprint density at radius 1 is 1.26 bits per heavy atom. The number of nitrogens with zero attached hydrogens (tertiary/aromatic N) is 2. The molecule has 0 radical (unpaired) electrons. The maximum atomic E-state index is 13.6. The van der Waals surface area contributed by atoms with Crippen molar-refractivity contribution in [1.82, 2.24) is 14.9 Å². The van der Waals surface area contributed by atoms with Crippen molar-refractivity contribution in [3.05, 3.63) is 58.9 Å². The Balaban J connectivity index is 1.69. The molecule has 0 aliphatic carbocycles. The summed E-state index contributed by atoms with van der Waals surface area (Å²) in [7, 11) is 1.72. The van der Waals surface area contributed by atoms with Crippen molar-refractivity contribution >= 4 is 16.9 Å². The highest BCUT2D eigenvalue weighted by Crippen LogP contribution is 2.39. The number of imidazole rings is 1. The molecule has 1 aromatic heterocycles. The van der Waals surface area contributed by atoms with E-state index in [1.54, 1.807) is 13.4 Å². The van der Waals surface area contributed by atoms with Crippen molar-refractivity contribution in [2.45, 2.75) is 59.4 Å². The summed E-state index contributed by atoms with van der Waals surface area (Å²) in [5, 5.41) is 0. The molecule has 2 heterocycles. The fraction of sp³-hybridized carbons (Fsp3) is 0.462. The minimum atomic E-state index is 0.0465. The number of likely N-dealkylation sites (tertiary alicyclic amines) is 1. The number of nitrogens with one attached hydrogen (secondary N) is 1. The third-order valence-corrected chi connectivity index (χ3v) is 6.94. The molecule has 1 amide bonds. The average molecular weight is 420 g/mol. The largest absolute Gasteiger partial charge is 0.496 e. The maximum absolute atomic E-state index is 13.6. The quantitative estimate of drug-likeness (QED) is 0.609. The highest BCUT2D eigenvalue weighted by molar-refractivity contribution is 5.97. The van der Waals surface area contributed by atoms with Gasteiger partial charge in [0.1, 0.15) is 5.75 Å². The molecular weight excluding hydrogens is 386 g/mol. The number of carbonyl (C=O) groups is 1. The smallest absolute Gasteiger partial charge is 0.254 e. The van der Waals surface area contributed by atoms with Crippen LogP contribution in [0.3, 0.4) is 0 Å². The normalized spacial score (nSPS) is 18.4. The summed E-state index contributed by atoms with van der Waals surface area (Å²) >= 11 is 0. The molecule has 5 nitrogen and oxygen atoms in total. The van der Waals surface area contributed by atoms with Gasteiger partial charge in [-0.2, -0.15) is 0 Å². The van der Waals surface area contributed by atoms with Gasteiger partial charge in [0.05, 0.1) is 24.5 Å². The zero-order valence-electron chi connectivity index (χ0n) is 19.3. The number of aromatic nitrogens is 2. The summed E-state index contributed by atoms with van der Waals surface area (Å²) in [5.74, 6) is 1.04. The van der Waals surface area contributed by atoms with E-state index in [2.05, 4.69) is 54.7 Å². The van der Waals surface area contributed by atoms with E-state index in [-0.39, 0.29) is 17.4 Å². The SMILES string of the molecule is CCc1cc(OC)c(C)cc1C[C@@H]1N(C(=O)c2ccc3nc[nH]c3c2)CCCC1(C)C. The van der Waals surface area contributed by atoms with Crippen LogP contribution in [-0.4, -0.2) is 40.5 Å². The van der Waals surface area contributed by atoms with Gasteiger partial charge in [-0.25, -0.2) is 4.98 Å². The molecular formula is C26H33N3O2. The number of aromatic amines is 1. The molecule has 0 spiro atoms. The summed E-state index contributed by atoms with van der Waals surface area (Å²) in [5.41, 5.74) is 6.32. The molecule has 1 aliphatic rings. The van der Waals surface area contributed by atoms with Crippen molar-refractivity contribution in [3.63, 3.8) is 0 Å². The molecule has 0 saturated carbocycles. The summed E-state index contributed by atoms with van der Waals surface area (Å²) in [4.78, 5) is 23.2. The lowest BCUT2D eigenvalue weighted by molar-refractivity contribution is 0.0278. The van der Waals surface area contributed by atoms with E-state index in [9.17, 15) is 4.79 Å². The highest BCUT2D eigenvalue weighted by Gasteiger charge is 2.40. The molecule has 1 N–H and O–H groups in total. The second kappa shape index (κ2) is 8.37. The van der Waals surface area contributed by atoms with Gasteiger partial charge < -0.3 is 14.6 Å². The van der Waals surface area contributed by atoms with Crippen molar-refractivity contribution < 1.29 is 9.53 Å². The molecule has 2 aromatic carbocycles. The molecule has 1 atom stereocenters. The predicted octanol–water partition coefficient (Wildman–Crippen LogP) is 5.32. The van der Waals surface area contributed by atoms with Gasteiger partial charge in [0.2, 0.25) is 0 Å². The van der Waals surface area contributed by atoms with Crippen LogP contribution in [-0.2, 0) is 12.8 Å². The van der Waals surface area contributed by atoms with Crippen molar-refractivity contribution in [3.8, 4) is 5.75 Å². The van der Waals surface area contributed by atoms with E-state index >= 15 is 0 Å². The van der Waals surface area contributed by atoms with Gasteiger partial charge in [0.15, 0.2) is 0 Å². The molecule has 164 valence electrons. The number of hydrogen-bond donors (Lipinski definition) is 1. The number of methoxy groups -OCH3 is 1. The van der Waals surface area contributed by atoms with Crippen molar-refractivity contribution in [1.29, 1.82) is 0 Å². The highest BCUT2D eigenvalue weighted by atomic mass is 16.5. The first-order valence-electron chi connectivity index (χ1n) is 11.2. The first-order valence-corrected chi connectivity index (χ1v) is 11.2. The monoisotopic (exact) mass is 419 g/mol. The summed E-state index contributed by atoms with van der Waals surface area (Å²) in [6, 6.07) is 10.3. The van der Waals surface area contributed by atoms with Gasteiger partial charge in [-0.15, -0.1) is 0 Å². The Morgan fingerprint density at radius 2 is 2.06 bits per heavy atom. The number of carbonyl (C=O) groups excluding carboxylic acids is 1. The lowest BCUT2D eigenvalue weighted by Gasteiger charge is -2.47. The molecule has 1 saturated heterocycles. The Kier molecular flexibility index (Phi) is 5.78. The van der Waals surface area contributed by atoms with Crippen LogP contribution >= 0.6 is 0 Å². The minimum absolute atomic E-state index is 0.0465. The first-order chi connectivity index (χ1) is 14.8. The number of aryl methyl sites for hydroxylation is 2. The van der Waals surface area contributed by atoms with Gasteiger partial charge in [0, 0.05) is 18.2 Å². The fourth-order valence-corrected chi connectivity index (χ4v) is 5.05. The molecule has 31 heavy (non-hydrogen) atoms. The van der Waals surface area contributed by atoms with E-state index < -0.39 is 0 Å². The number of ether oxygens (including phenoxy) is 1. The van der Waals surface area contributed by atoms with Crippen molar-refractivity contribution in [2.75, 3.05) is 13.7 Å². The number of piperidine rings is 1. The molecule has 5 heteroatoms. The first kappa shape index (κ1) is 21.4. The van der Waals surface area contributed by atoms with Crippen LogP contribution in [0.25, 0.3) is 11.0 Å². The number of amides is 1. The van der Waals surface area contributed by atoms with Gasteiger partial charge >= 0.3 is 0 Å². The zero-order valence-corrected chi connectivity index (χ0v) is 19.3. The Labute approximate surface area is 184 Å². The van der Waals surface area contributed by atoms with Crippen LogP contribution in [0, 0.1) is 12.3 Å². The molecule has 1 fully saturated rings. The molecule has 0 bridgehead atoms. The van der Waals surface area contributed by atoms with Crippen LogP contribution in [0.15, 0.2) is 36.7 Å². The van der Waals surface area contributed by atoms with E-state index in [4.69, 9.17) is 4.74 Å². The Bertz CT molecular complexity index is 1100. The standard InChI is InChI=1S/C26H33N3O2/c1-6-18-14-23(31-5)17(2)12-20(18)15-24-26(3,4)10-7-11-29(24)25(30)19-8-9-21-22(13-19)28-16-27-21/h8-9,12-14,16,24H,6-7,10-11,15H2,1-5H3,(H,27,28)/t24-/m0/s1. The van der Waals surface area contributed by atoms with Gasteiger partial charge in [-0.05, 0) is 79.0 Å². The van der Waals surface area contributed by atoms with Crippen LogP contribution in [0.1, 0.15) is 60.7 Å². The summed E-state index contributed by atoms with van der Waals surface area (Å²) in [6.07, 6.45) is 5.63. The number of rotatable bonds is 5. The third-order valence-electron chi connectivity index (χ3n) is 6.94. The Hall–Kier alpha value is -2.82. The lowest BCUT2D eigenvalue weighted by Crippen LogP contribution is -2.53. The third kappa shape index (κ3) is 4.06. The van der Waals surface area contributed by atoms with Crippen LogP contribution in [0.4, 0.5) is 0 Å². The summed E-state index contributed by atoms with van der Waals surface area (Å²) in [6.45, 7) is 9.68. The van der Waals surface area contributed by atoms with E-state index in [1.165, 1.54) is 11.1 Å². The predicted molar refractivity (Wildman–Crippen MR) is 125 cm³/mol.